The lowest BCUT2D eigenvalue weighted by Gasteiger charge is -2.64. The molecule has 1 unspecified atom stereocenters. The number of oxime groups is 1. The van der Waals surface area contributed by atoms with Gasteiger partial charge < -0.3 is 24.8 Å². The fourth-order valence-electron chi connectivity index (χ4n) is 9.08. The van der Waals surface area contributed by atoms with Crippen LogP contribution in [0.15, 0.2) is 59.9 Å². The minimum absolute atomic E-state index is 0.00964. The highest BCUT2D eigenvalue weighted by Gasteiger charge is 2.68. The number of carbonyl (C=O) groups excluding carboxylic acids is 2. The SMILES string of the molecule is Cc1cccc(CC2(C(=O)N[C@@H](CC(C)C)B3O[C@@H]4C[C@@H]5C[C@@H](C5(C)C)[C@]4(C)O3)CC(CNC(=O)c3cc(-c4ccccn4)nn3C(C)C)=NO2)c1. The molecule has 2 bridgehead atoms. The summed E-state index contributed by atoms with van der Waals surface area (Å²) in [4.78, 5) is 38.8. The zero-order valence-electron chi connectivity index (χ0n) is 31.8. The van der Waals surface area contributed by atoms with E-state index in [4.69, 9.17) is 14.1 Å². The van der Waals surface area contributed by atoms with E-state index in [0.717, 1.165) is 24.0 Å². The van der Waals surface area contributed by atoms with Crippen LogP contribution in [0, 0.1) is 30.1 Å². The van der Waals surface area contributed by atoms with Crippen molar-refractivity contribution in [3.05, 3.63) is 71.5 Å². The van der Waals surface area contributed by atoms with E-state index in [0.29, 0.717) is 47.5 Å². The van der Waals surface area contributed by atoms with Crippen LogP contribution >= 0.6 is 0 Å². The number of nitrogens with zero attached hydrogens (tertiary/aromatic N) is 4. The Hall–Kier alpha value is -4.03. The quantitative estimate of drug-likeness (QED) is 0.217. The minimum Gasteiger partial charge on any atom is -0.404 e. The molecule has 1 saturated heterocycles. The number of carbonyl (C=O) groups is 2. The number of rotatable bonds is 12. The smallest absolute Gasteiger partial charge is 0.404 e. The first-order valence-electron chi connectivity index (χ1n) is 18.9. The summed E-state index contributed by atoms with van der Waals surface area (Å²) in [6.07, 6.45) is 5.07. The van der Waals surface area contributed by atoms with Crippen LogP contribution in [-0.2, 0) is 25.4 Å². The molecule has 3 saturated carbocycles. The molecule has 4 fully saturated rings. The summed E-state index contributed by atoms with van der Waals surface area (Å²) in [6, 6.07) is 15.4. The van der Waals surface area contributed by atoms with Crippen LogP contribution in [0.4, 0.5) is 0 Å². The van der Waals surface area contributed by atoms with Gasteiger partial charge >= 0.3 is 7.12 Å². The number of nitrogens with one attached hydrogen (secondary N) is 2. The zero-order chi connectivity index (χ0) is 37.0. The van der Waals surface area contributed by atoms with Gasteiger partial charge in [-0.1, -0.05) is 68.7 Å². The third-order valence-electron chi connectivity index (χ3n) is 12.0. The normalized spacial score (nSPS) is 27.8. The van der Waals surface area contributed by atoms with Gasteiger partial charge in [0.05, 0.1) is 35.6 Å². The number of hydrogen-bond acceptors (Lipinski definition) is 8. The van der Waals surface area contributed by atoms with E-state index in [1.165, 1.54) is 0 Å². The van der Waals surface area contributed by atoms with E-state index < -0.39 is 12.7 Å². The molecular formula is C40H53BN6O5. The van der Waals surface area contributed by atoms with Gasteiger partial charge in [-0.2, -0.15) is 5.10 Å². The van der Waals surface area contributed by atoms with Gasteiger partial charge in [0.2, 0.25) is 5.60 Å². The fraction of sp³-hybridized carbons (Fsp3) is 0.575. The maximum Gasteiger partial charge on any atom is 0.481 e. The second-order valence-electron chi connectivity index (χ2n) is 17.0. The average Bonchev–Trinajstić information content (AvgIpc) is 3.83. The summed E-state index contributed by atoms with van der Waals surface area (Å²) < 4.78 is 15.2. The molecule has 3 aliphatic carbocycles. The summed E-state index contributed by atoms with van der Waals surface area (Å²) in [7, 11) is -0.560. The Kier molecular flexibility index (Phi) is 9.61. The van der Waals surface area contributed by atoms with Gasteiger partial charge in [-0.25, -0.2) is 0 Å². The Bertz CT molecular complexity index is 1840. The number of amides is 2. The molecular weight excluding hydrogens is 655 g/mol. The van der Waals surface area contributed by atoms with Gasteiger partial charge in [0.15, 0.2) is 0 Å². The van der Waals surface area contributed by atoms with Gasteiger partial charge in [0.1, 0.15) is 11.4 Å². The van der Waals surface area contributed by atoms with Crippen molar-refractivity contribution < 1.29 is 23.7 Å². The minimum atomic E-state index is -1.31. The second-order valence-corrected chi connectivity index (χ2v) is 17.0. The average molecular weight is 709 g/mol. The highest BCUT2D eigenvalue weighted by atomic mass is 16.7. The lowest BCUT2D eigenvalue weighted by Crippen LogP contribution is -2.65. The number of benzene rings is 1. The van der Waals surface area contributed by atoms with Crippen molar-refractivity contribution in [1.29, 1.82) is 0 Å². The topological polar surface area (TPSA) is 129 Å². The summed E-state index contributed by atoms with van der Waals surface area (Å²) >= 11 is 0. The first-order chi connectivity index (χ1) is 24.7. The molecule has 1 aromatic carbocycles. The van der Waals surface area contributed by atoms with Crippen LogP contribution in [0.25, 0.3) is 11.4 Å². The molecule has 52 heavy (non-hydrogen) atoms. The largest absolute Gasteiger partial charge is 0.481 e. The maximum atomic E-state index is 14.6. The zero-order valence-corrected chi connectivity index (χ0v) is 31.8. The third-order valence-corrected chi connectivity index (χ3v) is 12.0. The van der Waals surface area contributed by atoms with Crippen molar-refractivity contribution in [2.75, 3.05) is 6.54 Å². The molecule has 0 spiro atoms. The lowest BCUT2D eigenvalue weighted by atomic mass is 9.43. The van der Waals surface area contributed by atoms with Crippen molar-refractivity contribution in [3.63, 3.8) is 0 Å². The van der Waals surface area contributed by atoms with Crippen molar-refractivity contribution in [3.8, 4) is 11.4 Å². The second kappa shape index (κ2) is 13.8. The number of pyridine rings is 1. The standard InChI is InChI=1S/C40H53BN6O5/c1-24(2)16-35(41-50-34-19-28-18-33(38(28,6)7)39(34,8)51-41)44-37(49)40(21-27-13-11-12-26(5)17-27)22-29(46-52-40)23-43-36(48)32-20-31(45-47(32)25(3)4)30-14-9-10-15-42-30/h9-15,17,20,24-25,28,33-35H,16,18-19,21-23H2,1-8H3,(H,43,48)(H,44,49)/t28-,33-,34+,35-,39-,40?/m0/s1. The van der Waals surface area contributed by atoms with Crippen LogP contribution < -0.4 is 10.6 Å². The van der Waals surface area contributed by atoms with E-state index in [9.17, 15) is 9.59 Å². The van der Waals surface area contributed by atoms with Crippen LogP contribution in [0.3, 0.4) is 0 Å². The van der Waals surface area contributed by atoms with Gasteiger partial charge in [-0.05, 0) is 93.9 Å². The van der Waals surface area contributed by atoms with Gasteiger partial charge in [0, 0.05) is 25.1 Å². The molecule has 2 amide bonds. The monoisotopic (exact) mass is 708 g/mol. The molecule has 11 nitrogen and oxygen atoms in total. The van der Waals surface area contributed by atoms with Gasteiger partial charge in [0.25, 0.3) is 11.8 Å². The van der Waals surface area contributed by atoms with Crippen molar-refractivity contribution in [2.24, 2.45) is 28.3 Å². The molecule has 2 aliphatic heterocycles. The molecule has 6 atom stereocenters. The van der Waals surface area contributed by atoms with Crippen molar-refractivity contribution in [2.45, 2.75) is 117 Å². The molecule has 3 aromatic rings. The van der Waals surface area contributed by atoms with E-state index in [-0.39, 0.29) is 59.8 Å². The van der Waals surface area contributed by atoms with E-state index in [1.807, 2.05) is 57.2 Å². The highest BCUT2D eigenvalue weighted by Crippen LogP contribution is 2.65. The van der Waals surface area contributed by atoms with Gasteiger partial charge in [-0.3, -0.25) is 19.3 Å². The summed E-state index contributed by atoms with van der Waals surface area (Å²) in [6.45, 7) is 17.3. The molecule has 5 aliphatic rings. The molecule has 0 radical (unpaired) electrons. The Labute approximate surface area is 307 Å². The number of hydrogen-bond donors (Lipinski definition) is 2. The molecule has 12 heteroatoms. The number of aromatic nitrogens is 3. The summed E-state index contributed by atoms with van der Waals surface area (Å²) in [5.74, 6) is 0.401. The Balaban J connectivity index is 1.08. The van der Waals surface area contributed by atoms with Crippen molar-refractivity contribution >= 4 is 24.6 Å². The van der Waals surface area contributed by atoms with Crippen molar-refractivity contribution in [1.82, 2.24) is 25.4 Å². The molecule has 2 N–H and O–H groups in total. The van der Waals surface area contributed by atoms with Crippen LogP contribution in [0.2, 0.25) is 0 Å². The first kappa shape index (κ1) is 36.3. The van der Waals surface area contributed by atoms with E-state index in [2.05, 4.69) is 66.6 Å². The Morgan fingerprint density at radius 1 is 1.04 bits per heavy atom. The summed E-state index contributed by atoms with van der Waals surface area (Å²) in [5, 5.41) is 15.4. The van der Waals surface area contributed by atoms with Gasteiger partial charge in [-0.15, -0.1) is 0 Å². The predicted molar refractivity (Wildman–Crippen MR) is 200 cm³/mol. The summed E-state index contributed by atoms with van der Waals surface area (Å²) in [5.41, 5.74) is 2.88. The van der Waals surface area contributed by atoms with Crippen LogP contribution in [0.5, 0.6) is 0 Å². The van der Waals surface area contributed by atoms with E-state index >= 15 is 0 Å². The lowest BCUT2D eigenvalue weighted by molar-refractivity contribution is -0.199. The Morgan fingerprint density at radius 2 is 1.85 bits per heavy atom. The molecule has 4 heterocycles. The Morgan fingerprint density at radius 3 is 2.54 bits per heavy atom. The van der Waals surface area contributed by atoms with Crippen LogP contribution in [-0.4, -0.2) is 69.2 Å². The third kappa shape index (κ3) is 6.68. The molecule has 8 rings (SSSR count). The molecule has 276 valence electrons. The first-order valence-corrected chi connectivity index (χ1v) is 18.9. The van der Waals surface area contributed by atoms with E-state index in [1.54, 1.807) is 16.9 Å². The highest BCUT2D eigenvalue weighted by molar-refractivity contribution is 6.48. The number of aryl methyl sites for hydroxylation is 1. The molecule has 2 aromatic heterocycles. The van der Waals surface area contributed by atoms with Crippen LogP contribution in [0.1, 0.15) is 102 Å². The maximum absolute atomic E-state index is 14.6. The predicted octanol–water partition coefficient (Wildman–Crippen LogP) is 6.12. The fourth-order valence-corrected chi connectivity index (χ4v) is 9.08.